The van der Waals surface area contributed by atoms with Gasteiger partial charge in [-0.05, 0) is 25.4 Å². The number of hydrogen-bond donors (Lipinski definition) is 3. The molecule has 1 rings (SSSR count). The van der Waals surface area contributed by atoms with Crippen LogP contribution in [0.25, 0.3) is 0 Å². The van der Waals surface area contributed by atoms with Crippen molar-refractivity contribution in [3.8, 4) is 0 Å². The molecule has 0 aromatic heterocycles. The molecular formula is C9H16ClF3N2O2. The van der Waals surface area contributed by atoms with Crippen molar-refractivity contribution in [3.05, 3.63) is 0 Å². The van der Waals surface area contributed by atoms with Crippen LogP contribution in [0.5, 0.6) is 0 Å². The van der Waals surface area contributed by atoms with E-state index in [1.165, 1.54) is 0 Å². The molecule has 2 unspecified atom stereocenters. The topological polar surface area (TPSA) is 61.4 Å². The maximum absolute atomic E-state index is 11.9. The molecule has 8 heteroatoms. The second kappa shape index (κ2) is 7.03. The van der Waals surface area contributed by atoms with Gasteiger partial charge in [-0.2, -0.15) is 13.2 Å². The average molecular weight is 277 g/mol. The van der Waals surface area contributed by atoms with E-state index in [4.69, 9.17) is 5.11 Å². The van der Waals surface area contributed by atoms with Gasteiger partial charge in [0, 0.05) is 6.42 Å². The summed E-state index contributed by atoms with van der Waals surface area (Å²) in [6.07, 6.45) is -6.10. The Balaban J connectivity index is 0.00000256. The lowest BCUT2D eigenvalue weighted by Gasteiger charge is -2.15. The summed E-state index contributed by atoms with van der Waals surface area (Å²) < 4.78 is 35.7. The Morgan fingerprint density at radius 2 is 2.18 bits per heavy atom. The van der Waals surface area contributed by atoms with Gasteiger partial charge in [0.05, 0.1) is 6.54 Å². The zero-order valence-corrected chi connectivity index (χ0v) is 9.90. The highest BCUT2D eigenvalue weighted by Crippen LogP contribution is 2.19. The number of aliphatic hydroxyl groups is 1. The van der Waals surface area contributed by atoms with E-state index in [-0.39, 0.29) is 24.7 Å². The third-order valence-electron chi connectivity index (χ3n) is 2.51. The Hall–Kier alpha value is -0.530. The molecule has 0 aliphatic carbocycles. The van der Waals surface area contributed by atoms with Crippen LogP contribution in [0.3, 0.4) is 0 Å². The molecule has 1 saturated heterocycles. The molecule has 1 aliphatic rings. The van der Waals surface area contributed by atoms with E-state index in [0.717, 1.165) is 19.5 Å². The number of halogens is 4. The van der Waals surface area contributed by atoms with Crippen molar-refractivity contribution < 1.29 is 23.1 Å². The summed E-state index contributed by atoms with van der Waals surface area (Å²) in [6.45, 7) is 0.779. The highest BCUT2D eigenvalue weighted by molar-refractivity contribution is 5.85. The summed E-state index contributed by atoms with van der Waals surface area (Å²) in [6, 6.07) is 0. The summed E-state index contributed by atoms with van der Waals surface area (Å²) in [5.41, 5.74) is 0. The number of rotatable bonds is 4. The van der Waals surface area contributed by atoms with Crippen LogP contribution in [0, 0.1) is 5.92 Å². The first-order chi connectivity index (χ1) is 7.39. The summed E-state index contributed by atoms with van der Waals surface area (Å²) in [7, 11) is 0. The van der Waals surface area contributed by atoms with Gasteiger partial charge in [0.15, 0.2) is 6.10 Å². The lowest BCUT2D eigenvalue weighted by Crippen LogP contribution is -2.41. The second-order valence-electron chi connectivity index (χ2n) is 3.92. The average Bonchev–Trinajstić information content (AvgIpc) is 2.65. The van der Waals surface area contributed by atoms with Gasteiger partial charge in [0.1, 0.15) is 0 Å². The Morgan fingerprint density at radius 1 is 1.53 bits per heavy atom. The highest BCUT2D eigenvalue weighted by atomic mass is 35.5. The van der Waals surface area contributed by atoms with Gasteiger partial charge < -0.3 is 15.7 Å². The molecule has 1 heterocycles. The first-order valence-electron chi connectivity index (χ1n) is 5.12. The van der Waals surface area contributed by atoms with Crippen molar-refractivity contribution in [2.75, 3.05) is 19.6 Å². The van der Waals surface area contributed by atoms with Gasteiger partial charge >= 0.3 is 6.18 Å². The van der Waals surface area contributed by atoms with Gasteiger partial charge in [-0.1, -0.05) is 0 Å². The lowest BCUT2D eigenvalue weighted by molar-refractivity contribution is -0.201. The van der Waals surface area contributed by atoms with E-state index in [1.54, 1.807) is 0 Å². The summed E-state index contributed by atoms with van der Waals surface area (Å²) in [5.74, 6) is -0.264. The monoisotopic (exact) mass is 276 g/mol. The Kier molecular flexibility index (Phi) is 6.81. The highest BCUT2D eigenvalue weighted by Gasteiger charge is 2.38. The number of hydrogen-bond acceptors (Lipinski definition) is 3. The van der Waals surface area contributed by atoms with E-state index in [9.17, 15) is 18.0 Å². The molecular weight excluding hydrogens is 261 g/mol. The first-order valence-corrected chi connectivity index (χ1v) is 5.12. The maximum Gasteiger partial charge on any atom is 0.416 e. The van der Waals surface area contributed by atoms with Gasteiger partial charge in [0.2, 0.25) is 5.91 Å². The summed E-state index contributed by atoms with van der Waals surface area (Å²) in [4.78, 5) is 11.2. The molecule has 1 amide bonds. The van der Waals surface area contributed by atoms with Crippen molar-refractivity contribution in [2.24, 2.45) is 5.92 Å². The predicted molar refractivity (Wildman–Crippen MR) is 57.9 cm³/mol. The molecule has 102 valence electrons. The van der Waals surface area contributed by atoms with Crippen molar-refractivity contribution in [2.45, 2.75) is 25.1 Å². The molecule has 1 aliphatic heterocycles. The molecule has 0 radical (unpaired) electrons. The number of nitrogens with one attached hydrogen (secondary N) is 2. The van der Waals surface area contributed by atoms with Crippen LogP contribution in [0.15, 0.2) is 0 Å². The number of amides is 1. The SMILES string of the molecule is Cl.O=C(CC1CCNC1)NCC(O)C(F)(F)F. The Labute approximate surface area is 103 Å². The first kappa shape index (κ1) is 16.5. The van der Waals surface area contributed by atoms with E-state index in [0.29, 0.717) is 0 Å². The normalized spacial score (nSPS) is 21.8. The maximum atomic E-state index is 11.9. The van der Waals surface area contributed by atoms with Crippen LogP contribution >= 0.6 is 12.4 Å². The number of aliphatic hydroxyl groups excluding tert-OH is 1. The van der Waals surface area contributed by atoms with Crippen molar-refractivity contribution in [3.63, 3.8) is 0 Å². The minimum absolute atomic E-state index is 0. The lowest BCUT2D eigenvalue weighted by atomic mass is 10.0. The molecule has 0 saturated carbocycles. The largest absolute Gasteiger partial charge is 0.416 e. The predicted octanol–water partition coefficient (Wildman–Crippen LogP) is 0.447. The number of carbonyl (C=O) groups is 1. The molecule has 2 atom stereocenters. The van der Waals surface area contributed by atoms with Gasteiger partial charge in [-0.25, -0.2) is 0 Å². The zero-order chi connectivity index (χ0) is 12.2. The van der Waals surface area contributed by atoms with Crippen LogP contribution in [0.1, 0.15) is 12.8 Å². The minimum atomic E-state index is -4.68. The van der Waals surface area contributed by atoms with Crippen LogP contribution in [0.2, 0.25) is 0 Å². The van der Waals surface area contributed by atoms with Crippen molar-refractivity contribution in [1.29, 1.82) is 0 Å². The summed E-state index contributed by atoms with van der Waals surface area (Å²) in [5, 5.41) is 13.8. The van der Waals surface area contributed by atoms with Crippen LogP contribution < -0.4 is 10.6 Å². The quantitative estimate of drug-likeness (QED) is 0.699. The molecule has 17 heavy (non-hydrogen) atoms. The molecule has 4 nitrogen and oxygen atoms in total. The van der Waals surface area contributed by atoms with Crippen LogP contribution in [0.4, 0.5) is 13.2 Å². The van der Waals surface area contributed by atoms with Crippen molar-refractivity contribution >= 4 is 18.3 Å². The van der Waals surface area contributed by atoms with Gasteiger partial charge in [-0.3, -0.25) is 4.79 Å². The third kappa shape index (κ3) is 6.09. The molecule has 1 fully saturated rings. The fraction of sp³-hybridized carbons (Fsp3) is 0.889. The standard InChI is InChI=1S/C9H15F3N2O2.ClH/c10-9(11,12)7(15)5-14-8(16)3-6-1-2-13-4-6;/h6-7,13,15H,1-5H2,(H,14,16);1H. The second-order valence-corrected chi connectivity index (χ2v) is 3.92. The molecule has 0 spiro atoms. The third-order valence-corrected chi connectivity index (χ3v) is 2.51. The smallest absolute Gasteiger partial charge is 0.382 e. The van der Waals surface area contributed by atoms with E-state index < -0.39 is 24.7 Å². The van der Waals surface area contributed by atoms with E-state index in [1.807, 2.05) is 0 Å². The molecule has 0 aromatic rings. The van der Waals surface area contributed by atoms with Crippen molar-refractivity contribution in [1.82, 2.24) is 10.6 Å². The molecule has 0 aromatic carbocycles. The Morgan fingerprint density at radius 3 is 2.65 bits per heavy atom. The molecule has 3 N–H and O–H groups in total. The van der Waals surface area contributed by atoms with E-state index >= 15 is 0 Å². The van der Waals surface area contributed by atoms with E-state index in [2.05, 4.69) is 10.6 Å². The Bertz CT molecular complexity index is 245. The van der Waals surface area contributed by atoms with Crippen LogP contribution in [-0.4, -0.2) is 42.9 Å². The summed E-state index contributed by atoms with van der Waals surface area (Å²) >= 11 is 0. The fourth-order valence-corrected chi connectivity index (χ4v) is 1.55. The molecule has 0 bridgehead atoms. The zero-order valence-electron chi connectivity index (χ0n) is 9.09. The number of carbonyl (C=O) groups excluding carboxylic acids is 1. The van der Waals surface area contributed by atoms with Gasteiger partial charge in [0.25, 0.3) is 0 Å². The van der Waals surface area contributed by atoms with Gasteiger partial charge in [-0.15, -0.1) is 12.4 Å². The van der Waals surface area contributed by atoms with Crippen LogP contribution in [-0.2, 0) is 4.79 Å². The minimum Gasteiger partial charge on any atom is -0.382 e. The number of alkyl halides is 3. The fourth-order valence-electron chi connectivity index (χ4n) is 1.55.